The summed E-state index contributed by atoms with van der Waals surface area (Å²) in [5.41, 5.74) is 5.50. The lowest BCUT2D eigenvalue weighted by Crippen LogP contribution is -2.15. The van der Waals surface area contributed by atoms with E-state index in [2.05, 4.69) is 18.2 Å². The summed E-state index contributed by atoms with van der Waals surface area (Å²) < 4.78 is 11.6. The number of hydrogen-bond donors (Lipinski definition) is 0. The van der Waals surface area contributed by atoms with Crippen molar-refractivity contribution in [1.29, 1.82) is 0 Å². The molecule has 0 bridgehead atoms. The maximum Gasteiger partial charge on any atom is 0.339 e. The van der Waals surface area contributed by atoms with Gasteiger partial charge in [-0.15, -0.1) is 0 Å². The number of fused-ring (bicyclic) bond motifs is 4. The molecule has 3 heteroatoms. The zero-order chi connectivity index (χ0) is 17.0. The van der Waals surface area contributed by atoms with Crippen LogP contribution in [-0.2, 0) is 12.8 Å². The molecule has 0 amide bonds. The van der Waals surface area contributed by atoms with Gasteiger partial charge < -0.3 is 8.83 Å². The number of aryl methyl sites for hydroxylation is 2. The Morgan fingerprint density at radius 2 is 1.56 bits per heavy atom. The molecule has 0 fully saturated rings. The van der Waals surface area contributed by atoms with Crippen molar-refractivity contribution < 1.29 is 8.83 Å². The second-order valence-electron chi connectivity index (χ2n) is 6.80. The van der Waals surface area contributed by atoms with E-state index in [-0.39, 0.29) is 5.63 Å². The number of hydrogen-bond acceptors (Lipinski definition) is 3. The number of benzene rings is 2. The van der Waals surface area contributed by atoms with E-state index in [1.54, 1.807) is 0 Å². The Bertz CT molecular complexity index is 1160. The van der Waals surface area contributed by atoms with Crippen LogP contribution < -0.4 is 5.63 Å². The fraction of sp³-hybridized carbons (Fsp3) is 0.227. The number of furan rings is 1. The first-order chi connectivity index (χ1) is 12.2. The van der Waals surface area contributed by atoms with Crippen molar-refractivity contribution in [1.82, 2.24) is 0 Å². The maximum absolute atomic E-state index is 12.3. The fourth-order valence-electron chi connectivity index (χ4n) is 4.12. The van der Waals surface area contributed by atoms with Gasteiger partial charge in [0.1, 0.15) is 16.9 Å². The van der Waals surface area contributed by atoms with Crippen LogP contribution >= 0.6 is 0 Å². The van der Waals surface area contributed by atoms with Crippen LogP contribution in [0.15, 0.2) is 56.1 Å². The molecule has 124 valence electrons. The molecule has 0 unspecified atom stereocenters. The molecule has 5 rings (SSSR count). The molecule has 0 aliphatic heterocycles. The molecule has 2 aromatic carbocycles. The summed E-state index contributed by atoms with van der Waals surface area (Å²) in [4.78, 5) is 12.3. The summed E-state index contributed by atoms with van der Waals surface area (Å²) in [7, 11) is 0. The molecule has 0 saturated carbocycles. The van der Waals surface area contributed by atoms with Crippen LogP contribution in [0.25, 0.3) is 33.1 Å². The third-order valence-corrected chi connectivity index (χ3v) is 5.27. The van der Waals surface area contributed by atoms with Crippen LogP contribution in [0.2, 0.25) is 0 Å². The van der Waals surface area contributed by atoms with Crippen molar-refractivity contribution in [3.8, 4) is 11.1 Å². The second-order valence-corrected chi connectivity index (χ2v) is 6.80. The van der Waals surface area contributed by atoms with Crippen LogP contribution in [0.3, 0.4) is 0 Å². The highest BCUT2D eigenvalue weighted by molar-refractivity contribution is 6.03. The highest BCUT2D eigenvalue weighted by Gasteiger charge is 2.21. The van der Waals surface area contributed by atoms with Crippen LogP contribution in [0.5, 0.6) is 0 Å². The highest BCUT2D eigenvalue weighted by atomic mass is 16.4. The van der Waals surface area contributed by atoms with E-state index < -0.39 is 0 Å². The van der Waals surface area contributed by atoms with E-state index in [9.17, 15) is 4.79 Å². The molecular formula is C22H18O3. The van der Waals surface area contributed by atoms with Crippen molar-refractivity contribution in [2.45, 2.75) is 32.6 Å². The van der Waals surface area contributed by atoms with Gasteiger partial charge in [-0.1, -0.05) is 30.3 Å². The summed E-state index contributed by atoms with van der Waals surface area (Å²) in [6, 6.07) is 14.3. The van der Waals surface area contributed by atoms with Gasteiger partial charge >= 0.3 is 5.63 Å². The molecule has 1 aliphatic carbocycles. The second kappa shape index (κ2) is 5.35. The van der Waals surface area contributed by atoms with Gasteiger partial charge in [-0.3, -0.25) is 0 Å². The Hall–Kier alpha value is -2.81. The fourth-order valence-corrected chi connectivity index (χ4v) is 4.12. The van der Waals surface area contributed by atoms with Crippen molar-refractivity contribution in [2.24, 2.45) is 0 Å². The van der Waals surface area contributed by atoms with Gasteiger partial charge in [-0.25, -0.2) is 4.79 Å². The molecule has 1 aliphatic rings. The van der Waals surface area contributed by atoms with Crippen molar-refractivity contribution in [2.75, 3.05) is 0 Å². The van der Waals surface area contributed by atoms with Crippen molar-refractivity contribution in [3.05, 3.63) is 69.8 Å². The molecule has 2 heterocycles. The summed E-state index contributed by atoms with van der Waals surface area (Å²) >= 11 is 0. The Balaban J connectivity index is 1.89. The third kappa shape index (κ3) is 2.15. The van der Waals surface area contributed by atoms with Gasteiger partial charge in [-0.2, -0.15) is 0 Å². The largest absolute Gasteiger partial charge is 0.461 e. The lowest BCUT2D eigenvalue weighted by molar-refractivity contribution is 0.532. The first-order valence-corrected chi connectivity index (χ1v) is 8.79. The molecule has 25 heavy (non-hydrogen) atoms. The van der Waals surface area contributed by atoms with E-state index in [1.807, 2.05) is 31.2 Å². The highest BCUT2D eigenvalue weighted by Crippen LogP contribution is 2.38. The predicted octanol–water partition coefficient (Wildman–Crippen LogP) is 5.39. The quantitative estimate of drug-likeness (QED) is 0.439. The Morgan fingerprint density at radius 1 is 0.840 bits per heavy atom. The average molecular weight is 330 g/mol. The van der Waals surface area contributed by atoms with Crippen molar-refractivity contribution >= 4 is 21.9 Å². The molecular weight excluding hydrogens is 312 g/mol. The molecule has 0 saturated heterocycles. The lowest BCUT2D eigenvalue weighted by atomic mass is 9.90. The SMILES string of the molecule is Cc1oc2cc3oc(=O)c4c(c3cc2c1-c1ccccc1)CCCC4. The first-order valence-electron chi connectivity index (χ1n) is 8.79. The van der Waals surface area contributed by atoms with E-state index >= 15 is 0 Å². The summed E-state index contributed by atoms with van der Waals surface area (Å²) in [5, 5.41) is 2.14. The standard InChI is InChI=1S/C22H18O3/c1-13-21(14-7-3-2-4-8-14)18-11-17-15-9-5-6-10-16(15)22(23)25-19(17)12-20(18)24-13/h2-4,7-8,11-12H,5-6,9-10H2,1H3. The van der Waals surface area contributed by atoms with Crippen LogP contribution in [0, 0.1) is 6.92 Å². The van der Waals surface area contributed by atoms with E-state index in [4.69, 9.17) is 8.83 Å². The Kier molecular flexibility index (Phi) is 3.11. The molecule has 0 atom stereocenters. The molecule has 4 aromatic rings. The summed E-state index contributed by atoms with van der Waals surface area (Å²) in [6.45, 7) is 1.98. The van der Waals surface area contributed by atoms with Crippen LogP contribution in [0.4, 0.5) is 0 Å². The van der Waals surface area contributed by atoms with Gasteiger partial charge in [-0.05, 0) is 49.8 Å². The van der Waals surface area contributed by atoms with Gasteiger partial charge in [0.2, 0.25) is 0 Å². The Labute approximate surface area is 144 Å². The van der Waals surface area contributed by atoms with E-state index in [0.717, 1.165) is 70.1 Å². The maximum atomic E-state index is 12.3. The first kappa shape index (κ1) is 14.5. The van der Waals surface area contributed by atoms with E-state index in [1.165, 1.54) is 0 Å². The lowest BCUT2D eigenvalue weighted by Gasteiger charge is -2.16. The van der Waals surface area contributed by atoms with Crippen LogP contribution in [0.1, 0.15) is 29.7 Å². The van der Waals surface area contributed by atoms with Gasteiger partial charge in [0.05, 0.1) is 0 Å². The number of rotatable bonds is 1. The summed E-state index contributed by atoms with van der Waals surface area (Å²) in [5.74, 6) is 0.882. The third-order valence-electron chi connectivity index (χ3n) is 5.27. The normalized spacial score (nSPS) is 14.1. The van der Waals surface area contributed by atoms with Crippen LogP contribution in [-0.4, -0.2) is 0 Å². The molecule has 0 N–H and O–H groups in total. The molecule has 3 nitrogen and oxygen atoms in total. The average Bonchev–Trinajstić information content (AvgIpc) is 2.96. The summed E-state index contributed by atoms with van der Waals surface area (Å²) in [6.07, 6.45) is 3.95. The Morgan fingerprint density at radius 3 is 2.36 bits per heavy atom. The van der Waals surface area contributed by atoms with Gasteiger partial charge in [0.25, 0.3) is 0 Å². The predicted molar refractivity (Wildman–Crippen MR) is 99.1 cm³/mol. The van der Waals surface area contributed by atoms with E-state index in [0.29, 0.717) is 5.58 Å². The molecule has 2 aromatic heterocycles. The molecule has 0 radical (unpaired) electrons. The minimum atomic E-state index is -0.187. The van der Waals surface area contributed by atoms with Crippen molar-refractivity contribution in [3.63, 3.8) is 0 Å². The topological polar surface area (TPSA) is 43.4 Å². The zero-order valence-electron chi connectivity index (χ0n) is 14.1. The van der Waals surface area contributed by atoms with Gasteiger partial charge in [0, 0.05) is 28.0 Å². The zero-order valence-corrected chi connectivity index (χ0v) is 14.1. The minimum absolute atomic E-state index is 0.187. The van der Waals surface area contributed by atoms with Gasteiger partial charge in [0.15, 0.2) is 0 Å². The monoisotopic (exact) mass is 330 g/mol. The minimum Gasteiger partial charge on any atom is -0.461 e. The molecule has 0 spiro atoms. The smallest absolute Gasteiger partial charge is 0.339 e.